The molecule has 0 spiro atoms. The Morgan fingerprint density at radius 3 is 2.63 bits per heavy atom. The summed E-state index contributed by atoms with van der Waals surface area (Å²) >= 11 is 0. The molecule has 0 unspecified atom stereocenters. The number of aromatic nitrogens is 2. The van der Waals surface area contributed by atoms with Gasteiger partial charge in [0.25, 0.3) is 5.91 Å². The van der Waals surface area contributed by atoms with Crippen LogP contribution in [0.25, 0.3) is 16.8 Å². The van der Waals surface area contributed by atoms with E-state index in [-0.39, 0.29) is 11.5 Å². The molecule has 3 N–H and O–H groups in total. The molecule has 184 valence electrons. The Kier molecular flexibility index (Phi) is 10.1. The topological polar surface area (TPSA) is 81.0 Å². The quantitative estimate of drug-likeness (QED) is 0.313. The molecule has 35 heavy (non-hydrogen) atoms. The molecule has 0 saturated carbocycles. The van der Waals surface area contributed by atoms with Gasteiger partial charge in [-0.05, 0) is 48.3 Å². The van der Waals surface area contributed by atoms with Gasteiger partial charge >= 0.3 is 6.36 Å². The Labute approximate surface area is 202 Å². The number of nitrogens with two attached hydrogens (primary N) is 1. The lowest BCUT2D eigenvalue weighted by Gasteiger charge is -2.12. The average molecular weight is 484 g/mol. The molecule has 0 radical (unpaired) electrons. The number of amides is 1. The summed E-state index contributed by atoms with van der Waals surface area (Å²) in [6.07, 6.45) is 9.33. The lowest BCUT2D eigenvalue weighted by atomic mass is 9.94. The Hall–Kier alpha value is -4.07. The molecule has 0 aliphatic heterocycles. The number of nitrogens with zero attached hydrogens (tertiary/aromatic N) is 1. The molecule has 1 aromatic carbocycles. The predicted molar refractivity (Wildman–Crippen MR) is 133 cm³/mol. The largest absolute Gasteiger partial charge is 0.573 e. The number of primary amides is 1. The SMILES string of the molecule is C=C/C=C(\C=C/CC1=C(c2cccc(-c3cc(C(N)=O)[nH]n3)c2)C=CC=CC1)OC(F)(F)F.CC. The van der Waals surface area contributed by atoms with E-state index in [0.29, 0.717) is 18.5 Å². The van der Waals surface area contributed by atoms with Crippen molar-refractivity contribution < 1.29 is 22.7 Å². The molecule has 1 heterocycles. The van der Waals surface area contributed by atoms with Crippen molar-refractivity contribution >= 4 is 11.5 Å². The molecule has 1 amide bonds. The fourth-order valence-electron chi connectivity index (χ4n) is 3.29. The molecule has 5 nitrogen and oxygen atoms in total. The minimum atomic E-state index is -4.78. The molecule has 1 aliphatic rings. The first-order valence-corrected chi connectivity index (χ1v) is 11.0. The second-order valence-corrected chi connectivity index (χ2v) is 7.08. The highest BCUT2D eigenvalue weighted by molar-refractivity contribution is 5.92. The van der Waals surface area contributed by atoms with Crippen LogP contribution in [0, 0.1) is 0 Å². The van der Waals surface area contributed by atoms with Gasteiger partial charge in [-0.2, -0.15) is 5.10 Å². The van der Waals surface area contributed by atoms with Gasteiger partial charge < -0.3 is 10.5 Å². The summed E-state index contributed by atoms with van der Waals surface area (Å²) in [5.74, 6) is -0.941. The summed E-state index contributed by atoms with van der Waals surface area (Å²) in [7, 11) is 0. The third-order valence-electron chi connectivity index (χ3n) is 4.73. The number of hydrogen-bond donors (Lipinski definition) is 2. The van der Waals surface area contributed by atoms with Crippen LogP contribution in [0.15, 0.2) is 96.9 Å². The van der Waals surface area contributed by atoms with Crippen molar-refractivity contribution in [3.63, 3.8) is 0 Å². The first-order valence-electron chi connectivity index (χ1n) is 11.0. The first-order chi connectivity index (χ1) is 16.8. The van der Waals surface area contributed by atoms with Crippen molar-refractivity contribution in [2.75, 3.05) is 0 Å². The summed E-state index contributed by atoms with van der Waals surface area (Å²) in [5.41, 5.74) is 9.74. The summed E-state index contributed by atoms with van der Waals surface area (Å²) in [5, 5.41) is 6.76. The number of benzene rings is 1. The van der Waals surface area contributed by atoms with Gasteiger partial charge in [-0.1, -0.05) is 80.7 Å². The van der Waals surface area contributed by atoms with Crippen LogP contribution in [0.1, 0.15) is 42.7 Å². The number of ether oxygens (including phenoxy) is 1. The summed E-state index contributed by atoms with van der Waals surface area (Å²) < 4.78 is 41.7. The highest BCUT2D eigenvalue weighted by Crippen LogP contribution is 2.30. The number of rotatable bonds is 8. The van der Waals surface area contributed by atoms with Crippen molar-refractivity contribution in [3.8, 4) is 11.3 Å². The lowest BCUT2D eigenvalue weighted by molar-refractivity contribution is -0.303. The van der Waals surface area contributed by atoms with Gasteiger partial charge in [0, 0.05) is 5.56 Å². The van der Waals surface area contributed by atoms with E-state index >= 15 is 0 Å². The number of carbonyl (C=O) groups is 1. The zero-order valence-electron chi connectivity index (χ0n) is 19.6. The number of aromatic amines is 1. The standard InChI is InChI=1S/C25H22F3N3O2.C2H6/c1-2-8-20(33-25(26,27)28)13-7-10-17-9-4-3-5-14-21(17)18-11-6-12-19(15-18)22-16-23(24(29)32)31-30-22;1-2/h2-8,11-16H,1,9-10H2,(H2,29,32)(H,30,31);1-2H3/b13-7-,20-8+;. The van der Waals surface area contributed by atoms with Gasteiger partial charge in [0.15, 0.2) is 0 Å². The maximum absolute atomic E-state index is 12.6. The number of allylic oxidation sites excluding steroid dienone is 10. The fraction of sp³-hybridized carbons (Fsp3) is 0.185. The van der Waals surface area contributed by atoms with Crippen molar-refractivity contribution in [3.05, 3.63) is 108 Å². The first kappa shape index (κ1) is 27.2. The number of alkyl halides is 3. The summed E-state index contributed by atoms with van der Waals surface area (Å²) in [4.78, 5) is 11.3. The second-order valence-electron chi connectivity index (χ2n) is 7.08. The van der Waals surface area contributed by atoms with Crippen LogP contribution in [0.3, 0.4) is 0 Å². The second kappa shape index (κ2) is 13.0. The number of H-pyrrole nitrogens is 1. The highest BCUT2D eigenvalue weighted by Gasteiger charge is 2.31. The Morgan fingerprint density at radius 2 is 1.97 bits per heavy atom. The molecule has 1 aliphatic carbocycles. The molecule has 3 rings (SSSR count). The molecule has 2 aromatic rings. The average Bonchev–Trinajstić information content (AvgIpc) is 3.21. The van der Waals surface area contributed by atoms with Crippen molar-refractivity contribution in [2.24, 2.45) is 5.73 Å². The van der Waals surface area contributed by atoms with E-state index in [9.17, 15) is 18.0 Å². The van der Waals surface area contributed by atoms with E-state index in [1.165, 1.54) is 12.2 Å². The Bertz CT molecular complexity index is 1180. The monoisotopic (exact) mass is 483 g/mol. The van der Waals surface area contributed by atoms with Crippen molar-refractivity contribution in [1.82, 2.24) is 10.2 Å². The van der Waals surface area contributed by atoms with E-state index in [1.807, 2.05) is 62.4 Å². The predicted octanol–water partition coefficient (Wildman–Crippen LogP) is 7.02. The van der Waals surface area contributed by atoms with Crippen LogP contribution in [0.5, 0.6) is 0 Å². The Morgan fingerprint density at radius 1 is 1.23 bits per heavy atom. The third-order valence-corrected chi connectivity index (χ3v) is 4.73. The summed E-state index contributed by atoms with van der Waals surface area (Å²) in [6, 6.07) is 9.20. The zero-order chi connectivity index (χ0) is 25.8. The van der Waals surface area contributed by atoms with Gasteiger partial charge in [0.2, 0.25) is 0 Å². The third kappa shape index (κ3) is 8.33. The van der Waals surface area contributed by atoms with Crippen LogP contribution in [0.4, 0.5) is 13.2 Å². The van der Waals surface area contributed by atoms with Crippen LogP contribution in [-0.4, -0.2) is 22.5 Å². The van der Waals surface area contributed by atoms with Gasteiger partial charge in [-0.3, -0.25) is 9.89 Å². The summed E-state index contributed by atoms with van der Waals surface area (Å²) in [6.45, 7) is 7.42. The minimum absolute atomic E-state index is 0.212. The zero-order valence-corrected chi connectivity index (χ0v) is 19.6. The van der Waals surface area contributed by atoms with Gasteiger partial charge in [0.1, 0.15) is 11.5 Å². The molecule has 0 bridgehead atoms. The molecule has 0 saturated heterocycles. The van der Waals surface area contributed by atoms with Crippen LogP contribution < -0.4 is 5.73 Å². The number of nitrogens with one attached hydrogen (secondary N) is 1. The van der Waals surface area contributed by atoms with Gasteiger partial charge in [-0.25, -0.2) is 0 Å². The van der Waals surface area contributed by atoms with Crippen LogP contribution >= 0.6 is 0 Å². The lowest BCUT2D eigenvalue weighted by Crippen LogP contribution is -2.11. The molecule has 8 heteroatoms. The number of carbonyl (C=O) groups excluding carboxylic acids is 1. The van der Waals surface area contributed by atoms with E-state index < -0.39 is 12.3 Å². The van der Waals surface area contributed by atoms with Crippen LogP contribution in [-0.2, 0) is 4.74 Å². The molecular weight excluding hydrogens is 455 g/mol. The van der Waals surface area contributed by atoms with E-state index in [4.69, 9.17) is 5.73 Å². The van der Waals surface area contributed by atoms with Gasteiger partial charge in [0.05, 0.1) is 5.69 Å². The molecule has 0 atom stereocenters. The fourth-order valence-corrected chi connectivity index (χ4v) is 3.29. The molecule has 1 aromatic heterocycles. The smallest absolute Gasteiger partial charge is 0.406 e. The molecule has 0 fully saturated rings. The van der Waals surface area contributed by atoms with E-state index in [2.05, 4.69) is 21.5 Å². The van der Waals surface area contributed by atoms with Gasteiger partial charge in [-0.15, -0.1) is 13.2 Å². The minimum Gasteiger partial charge on any atom is -0.406 e. The normalized spacial score (nSPS) is 13.9. The van der Waals surface area contributed by atoms with E-state index in [0.717, 1.165) is 28.3 Å². The number of halogens is 3. The Balaban J connectivity index is 0.00000210. The highest BCUT2D eigenvalue weighted by atomic mass is 19.4. The van der Waals surface area contributed by atoms with Crippen molar-refractivity contribution in [1.29, 1.82) is 0 Å². The number of hydrogen-bond acceptors (Lipinski definition) is 3. The molecular formula is C27H28F3N3O2. The maximum atomic E-state index is 12.6. The van der Waals surface area contributed by atoms with Crippen LogP contribution in [0.2, 0.25) is 0 Å². The van der Waals surface area contributed by atoms with E-state index in [1.54, 1.807) is 12.1 Å². The maximum Gasteiger partial charge on any atom is 0.573 e. The van der Waals surface area contributed by atoms with Crippen molar-refractivity contribution in [2.45, 2.75) is 33.1 Å².